The summed E-state index contributed by atoms with van der Waals surface area (Å²) < 4.78 is 17.5. The quantitative estimate of drug-likeness (QED) is 0.585. The maximum absolute atomic E-state index is 12.6. The number of hydrogen-bond acceptors (Lipinski definition) is 5. The Balaban J connectivity index is 0.00000289. The molecule has 172 valence electrons. The van der Waals surface area contributed by atoms with Gasteiger partial charge in [-0.2, -0.15) is 0 Å². The lowest BCUT2D eigenvalue weighted by molar-refractivity contribution is -0.142. The van der Waals surface area contributed by atoms with E-state index >= 15 is 0 Å². The van der Waals surface area contributed by atoms with Crippen molar-refractivity contribution in [1.82, 2.24) is 0 Å². The van der Waals surface area contributed by atoms with Gasteiger partial charge < -0.3 is 14.2 Å². The van der Waals surface area contributed by atoms with Crippen LogP contribution in [0.25, 0.3) is 0 Å². The first-order valence-corrected chi connectivity index (χ1v) is 10.9. The van der Waals surface area contributed by atoms with Gasteiger partial charge in [-0.05, 0) is 46.6 Å². The molecule has 0 spiro atoms. The number of ether oxygens (including phenoxy) is 3. The molecule has 5 nitrogen and oxygen atoms in total. The van der Waals surface area contributed by atoms with Crippen molar-refractivity contribution in [3.8, 4) is 11.5 Å². The summed E-state index contributed by atoms with van der Waals surface area (Å²) in [5.41, 5.74) is 5.52. The number of fused-ring (bicyclic) bond motifs is 3. The van der Waals surface area contributed by atoms with Gasteiger partial charge >= 0.3 is 5.97 Å². The van der Waals surface area contributed by atoms with E-state index in [2.05, 4.69) is 39.8 Å². The maximum atomic E-state index is 12.6. The number of benzene rings is 2. The van der Waals surface area contributed by atoms with Crippen LogP contribution in [0.4, 0.5) is 0 Å². The van der Waals surface area contributed by atoms with Crippen LogP contribution >= 0.6 is 12.4 Å². The van der Waals surface area contributed by atoms with E-state index in [0.29, 0.717) is 12.4 Å². The summed E-state index contributed by atoms with van der Waals surface area (Å²) in [6, 6.07) is 10.3. The Morgan fingerprint density at radius 2 is 1.78 bits per heavy atom. The highest BCUT2D eigenvalue weighted by Gasteiger charge is 2.42. The van der Waals surface area contributed by atoms with Gasteiger partial charge in [0.15, 0.2) is 11.5 Å². The van der Waals surface area contributed by atoms with Crippen LogP contribution in [-0.4, -0.2) is 36.5 Å². The summed E-state index contributed by atoms with van der Waals surface area (Å²) in [7, 11) is 1.64. The Labute approximate surface area is 196 Å². The lowest BCUT2D eigenvalue weighted by atomic mass is 9.78. The molecule has 0 saturated carbocycles. The van der Waals surface area contributed by atoms with Crippen molar-refractivity contribution >= 4 is 24.1 Å². The monoisotopic (exact) mass is 457 g/mol. The Kier molecular flexibility index (Phi) is 6.62. The van der Waals surface area contributed by atoms with Gasteiger partial charge in [-0.25, -0.2) is 0 Å². The number of rotatable bonds is 5. The number of aliphatic imine (C=N–C) groups is 1. The number of esters is 1. The van der Waals surface area contributed by atoms with Gasteiger partial charge in [-0.1, -0.05) is 30.3 Å². The number of carbonyl (C=O) groups is 1. The minimum Gasteiger partial charge on any atom is -0.493 e. The van der Waals surface area contributed by atoms with Crippen LogP contribution in [0.15, 0.2) is 35.3 Å². The molecule has 0 amide bonds. The summed E-state index contributed by atoms with van der Waals surface area (Å²) in [5.74, 6) is 1.12. The Morgan fingerprint density at radius 3 is 2.41 bits per heavy atom. The number of carbonyl (C=O) groups excluding carboxylic acids is 1. The predicted molar refractivity (Wildman–Crippen MR) is 129 cm³/mol. The molecule has 0 saturated heterocycles. The second-order valence-electron chi connectivity index (χ2n) is 9.51. The molecule has 0 bridgehead atoms. The third kappa shape index (κ3) is 4.36. The van der Waals surface area contributed by atoms with Crippen molar-refractivity contribution in [2.45, 2.75) is 65.0 Å². The Morgan fingerprint density at radius 1 is 1.09 bits per heavy atom. The molecule has 2 aliphatic rings. The van der Waals surface area contributed by atoms with E-state index in [-0.39, 0.29) is 35.9 Å². The van der Waals surface area contributed by atoms with Gasteiger partial charge in [-0.3, -0.25) is 9.79 Å². The van der Waals surface area contributed by atoms with Crippen molar-refractivity contribution in [2.24, 2.45) is 4.99 Å². The Bertz CT molecular complexity index is 1060. The van der Waals surface area contributed by atoms with Crippen LogP contribution in [0.5, 0.6) is 11.5 Å². The molecular weight excluding hydrogens is 426 g/mol. The summed E-state index contributed by atoms with van der Waals surface area (Å²) in [5, 5.41) is 0. The molecule has 0 unspecified atom stereocenters. The van der Waals surface area contributed by atoms with E-state index in [0.717, 1.165) is 52.1 Å². The van der Waals surface area contributed by atoms with Crippen LogP contribution in [-0.2, 0) is 28.8 Å². The normalized spacial score (nSPS) is 17.2. The molecule has 2 aromatic rings. The average molecular weight is 458 g/mol. The summed E-state index contributed by atoms with van der Waals surface area (Å²) in [6.07, 6.45) is 1.62. The predicted octanol–water partition coefficient (Wildman–Crippen LogP) is 5.11. The van der Waals surface area contributed by atoms with Gasteiger partial charge in [0.05, 0.1) is 31.4 Å². The maximum Gasteiger partial charge on any atom is 0.310 e. The highest BCUT2D eigenvalue weighted by Crippen LogP contribution is 2.50. The molecule has 0 N–H and O–H groups in total. The van der Waals surface area contributed by atoms with Crippen molar-refractivity contribution < 1.29 is 19.0 Å². The van der Waals surface area contributed by atoms with E-state index in [1.54, 1.807) is 7.11 Å². The third-order valence-corrected chi connectivity index (χ3v) is 5.84. The van der Waals surface area contributed by atoms with E-state index in [1.165, 1.54) is 0 Å². The second-order valence-corrected chi connectivity index (χ2v) is 9.51. The molecule has 0 fully saturated rings. The second kappa shape index (κ2) is 8.78. The first kappa shape index (κ1) is 24.1. The molecule has 2 aromatic carbocycles. The molecule has 0 aliphatic carbocycles. The smallest absolute Gasteiger partial charge is 0.310 e. The zero-order chi connectivity index (χ0) is 22.4. The van der Waals surface area contributed by atoms with E-state index in [1.807, 2.05) is 25.1 Å². The molecule has 4 rings (SSSR count). The first-order valence-electron chi connectivity index (χ1n) is 10.9. The zero-order valence-corrected chi connectivity index (χ0v) is 20.5. The topological polar surface area (TPSA) is 57.1 Å². The first-order chi connectivity index (χ1) is 14.7. The fraction of sp³-hybridized carbons (Fsp3) is 0.462. The van der Waals surface area contributed by atoms with Crippen LogP contribution in [0.2, 0.25) is 0 Å². The molecule has 0 aromatic heterocycles. The number of nitrogens with zero attached hydrogens (tertiary/aromatic N) is 1. The van der Waals surface area contributed by atoms with E-state index in [9.17, 15) is 4.79 Å². The van der Waals surface area contributed by atoms with Crippen LogP contribution in [0.1, 0.15) is 62.4 Å². The van der Waals surface area contributed by atoms with Crippen LogP contribution in [0, 0.1) is 0 Å². The average Bonchev–Trinajstić information content (AvgIpc) is 3.02. The largest absolute Gasteiger partial charge is 0.493 e. The lowest BCUT2D eigenvalue weighted by Crippen LogP contribution is -2.32. The molecule has 2 heterocycles. The van der Waals surface area contributed by atoms with Crippen molar-refractivity contribution in [3.05, 3.63) is 58.1 Å². The summed E-state index contributed by atoms with van der Waals surface area (Å²) in [4.78, 5) is 17.7. The number of hydrogen-bond donors (Lipinski definition) is 0. The molecule has 0 atom stereocenters. The minimum atomic E-state index is -0.360. The SMILES string of the molecule is CCOC(=O)Cc1c2c(c3c(c1OC)OC(C)(C)C3)C(c1ccccc1)=NC(C)(C)C2.Cl. The van der Waals surface area contributed by atoms with Crippen LogP contribution in [0.3, 0.4) is 0 Å². The van der Waals surface area contributed by atoms with Crippen LogP contribution < -0.4 is 9.47 Å². The zero-order valence-electron chi connectivity index (χ0n) is 19.7. The number of halogens is 1. The summed E-state index contributed by atoms with van der Waals surface area (Å²) in [6.45, 7) is 10.6. The molecule has 6 heteroatoms. The number of methoxy groups -OCH3 is 1. The van der Waals surface area contributed by atoms with E-state index in [4.69, 9.17) is 19.2 Å². The van der Waals surface area contributed by atoms with Gasteiger partial charge in [0.25, 0.3) is 0 Å². The van der Waals surface area contributed by atoms with Crippen molar-refractivity contribution in [3.63, 3.8) is 0 Å². The highest BCUT2D eigenvalue weighted by molar-refractivity contribution is 6.16. The standard InChI is InChI=1S/C26H31NO4.ClH/c1-7-30-20(28)13-17-18-14-25(2,3)27-22(16-11-9-8-10-12-16)21(18)19-15-26(4,5)31-24(19)23(17)29-6;/h8-12H,7,13-15H2,1-6H3;1H. The van der Waals surface area contributed by atoms with Gasteiger partial charge in [-0.15, -0.1) is 12.4 Å². The fourth-order valence-corrected chi connectivity index (χ4v) is 4.75. The van der Waals surface area contributed by atoms with Gasteiger partial charge in [0, 0.05) is 28.7 Å². The van der Waals surface area contributed by atoms with Gasteiger partial charge in [0.1, 0.15) is 5.60 Å². The fourth-order valence-electron chi connectivity index (χ4n) is 4.75. The minimum absolute atomic E-state index is 0. The Hall–Kier alpha value is -2.53. The molecule has 0 radical (unpaired) electrons. The summed E-state index contributed by atoms with van der Waals surface area (Å²) >= 11 is 0. The van der Waals surface area contributed by atoms with Crippen molar-refractivity contribution in [2.75, 3.05) is 13.7 Å². The van der Waals surface area contributed by atoms with Crippen molar-refractivity contribution in [1.29, 1.82) is 0 Å². The molecule has 2 aliphatic heterocycles. The molecule has 32 heavy (non-hydrogen) atoms. The molecular formula is C26H32ClNO4. The third-order valence-electron chi connectivity index (χ3n) is 5.84. The lowest BCUT2D eigenvalue weighted by Gasteiger charge is -2.33. The van der Waals surface area contributed by atoms with Gasteiger partial charge in [0.2, 0.25) is 0 Å². The van der Waals surface area contributed by atoms with E-state index < -0.39 is 0 Å². The highest BCUT2D eigenvalue weighted by atomic mass is 35.5.